The van der Waals surface area contributed by atoms with Crippen molar-refractivity contribution < 1.29 is 14.4 Å². The number of amides is 4. The van der Waals surface area contributed by atoms with E-state index < -0.39 is 17.8 Å². The van der Waals surface area contributed by atoms with Gasteiger partial charge in [-0.1, -0.05) is 18.2 Å². The zero-order valence-electron chi connectivity index (χ0n) is 8.19. The third-order valence-corrected chi connectivity index (χ3v) is 1.54. The third kappa shape index (κ3) is 3.66. The van der Waals surface area contributed by atoms with Crippen LogP contribution in [0.5, 0.6) is 0 Å². The number of rotatable bonds is 1. The first-order chi connectivity index (χ1) is 7.59. The van der Waals surface area contributed by atoms with Gasteiger partial charge in [0.1, 0.15) is 0 Å². The monoisotopic (exact) mass is 222 g/mol. The van der Waals surface area contributed by atoms with Crippen LogP contribution in [0.4, 0.5) is 10.5 Å². The lowest BCUT2D eigenvalue weighted by atomic mass is 10.3. The van der Waals surface area contributed by atoms with E-state index in [0.29, 0.717) is 5.69 Å². The summed E-state index contributed by atoms with van der Waals surface area (Å²) < 4.78 is 0. The number of nitrogens with two attached hydrogens (primary N) is 1. The molecule has 0 atom stereocenters. The summed E-state index contributed by atoms with van der Waals surface area (Å²) in [5.74, 6) is -1.91. The molecule has 7 nitrogen and oxygen atoms in total. The van der Waals surface area contributed by atoms with Gasteiger partial charge in [-0.15, -0.1) is 0 Å². The van der Waals surface area contributed by atoms with Gasteiger partial charge in [-0.2, -0.15) is 0 Å². The number of para-hydroxylation sites is 1. The molecule has 4 amide bonds. The number of urea groups is 1. The van der Waals surface area contributed by atoms with Crippen LogP contribution in [-0.4, -0.2) is 17.8 Å². The van der Waals surface area contributed by atoms with Crippen molar-refractivity contribution in [2.75, 3.05) is 5.32 Å². The lowest BCUT2D eigenvalue weighted by Crippen LogP contribution is -2.48. The number of nitrogens with one attached hydrogen (secondary N) is 3. The first-order valence-electron chi connectivity index (χ1n) is 4.31. The van der Waals surface area contributed by atoms with Gasteiger partial charge in [-0.05, 0) is 12.1 Å². The maximum Gasteiger partial charge on any atom is 0.330 e. The molecule has 16 heavy (non-hydrogen) atoms. The number of carbonyl (C=O) groups is 3. The van der Waals surface area contributed by atoms with Gasteiger partial charge in [0.05, 0.1) is 0 Å². The minimum absolute atomic E-state index is 0.474. The molecule has 0 fully saturated rings. The minimum atomic E-state index is -1.01. The topological polar surface area (TPSA) is 113 Å². The number of hydrogen-bond donors (Lipinski definition) is 4. The smallest absolute Gasteiger partial charge is 0.330 e. The van der Waals surface area contributed by atoms with Gasteiger partial charge in [0.25, 0.3) is 0 Å². The van der Waals surface area contributed by atoms with Gasteiger partial charge in [0, 0.05) is 5.69 Å². The lowest BCUT2D eigenvalue weighted by Gasteiger charge is -2.05. The first-order valence-corrected chi connectivity index (χ1v) is 4.31. The van der Waals surface area contributed by atoms with Crippen molar-refractivity contribution in [3.8, 4) is 0 Å². The fourth-order valence-electron chi connectivity index (χ4n) is 0.884. The summed E-state index contributed by atoms with van der Waals surface area (Å²) >= 11 is 0. The second kappa shape index (κ2) is 5.35. The van der Waals surface area contributed by atoms with Crippen LogP contribution in [0.1, 0.15) is 0 Å². The summed E-state index contributed by atoms with van der Waals surface area (Å²) in [4.78, 5) is 32.5. The zero-order valence-corrected chi connectivity index (χ0v) is 8.19. The van der Waals surface area contributed by atoms with Crippen LogP contribution in [0.3, 0.4) is 0 Å². The van der Waals surface area contributed by atoms with Crippen LogP contribution in [0.2, 0.25) is 0 Å². The van der Waals surface area contributed by atoms with Crippen molar-refractivity contribution in [2.45, 2.75) is 0 Å². The van der Waals surface area contributed by atoms with E-state index in [0.717, 1.165) is 0 Å². The highest BCUT2D eigenvalue weighted by atomic mass is 16.2. The van der Waals surface area contributed by atoms with E-state index in [9.17, 15) is 14.4 Å². The highest BCUT2D eigenvalue weighted by molar-refractivity contribution is 6.39. The molecule has 0 saturated heterocycles. The van der Waals surface area contributed by atoms with Crippen LogP contribution in [-0.2, 0) is 9.59 Å². The molecule has 0 aliphatic carbocycles. The summed E-state index contributed by atoms with van der Waals surface area (Å²) in [5.41, 5.74) is 8.79. The molecule has 5 N–H and O–H groups in total. The quantitative estimate of drug-likeness (QED) is 0.373. The van der Waals surface area contributed by atoms with Gasteiger partial charge in [0.2, 0.25) is 0 Å². The average molecular weight is 222 g/mol. The maximum absolute atomic E-state index is 11.2. The van der Waals surface area contributed by atoms with Crippen molar-refractivity contribution in [3.05, 3.63) is 30.3 Å². The number of primary amides is 1. The van der Waals surface area contributed by atoms with Crippen LogP contribution in [0, 0.1) is 0 Å². The van der Waals surface area contributed by atoms with E-state index in [1.807, 2.05) is 5.43 Å². The Morgan fingerprint density at radius 1 is 0.938 bits per heavy atom. The molecule has 7 heteroatoms. The van der Waals surface area contributed by atoms with Crippen molar-refractivity contribution >= 4 is 23.5 Å². The summed E-state index contributed by atoms with van der Waals surface area (Å²) in [6.45, 7) is 0. The van der Waals surface area contributed by atoms with Gasteiger partial charge >= 0.3 is 17.8 Å². The SMILES string of the molecule is NC(=O)NNC(=O)C(=O)Nc1ccccc1. The molecule has 1 aromatic carbocycles. The highest BCUT2D eigenvalue weighted by Crippen LogP contribution is 2.03. The molecule has 0 aromatic heterocycles. The largest absolute Gasteiger partial charge is 0.350 e. The standard InChI is InChI=1S/C9H10N4O3/c10-9(16)13-12-8(15)7(14)11-6-4-2-1-3-5-6/h1-5H,(H,11,14)(H,12,15)(H3,10,13,16). The van der Waals surface area contributed by atoms with E-state index in [1.54, 1.807) is 35.8 Å². The number of hydrazine groups is 1. The molecule has 84 valence electrons. The van der Waals surface area contributed by atoms with Crippen molar-refractivity contribution in [1.82, 2.24) is 10.9 Å². The number of benzene rings is 1. The molecule has 0 aliphatic rings. The number of anilines is 1. The first kappa shape index (κ1) is 11.5. The predicted octanol–water partition coefficient (Wildman–Crippen LogP) is -0.675. The molecule has 0 radical (unpaired) electrons. The molecular formula is C9H10N4O3. The lowest BCUT2D eigenvalue weighted by molar-refractivity contribution is -0.136. The number of hydrogen-bond acceptors (Lipinski definition) is 3. The second-order valence-electron chi connectivity index (χ2n) is 2.76. The minimum Gasteiger partial charge on any atom is -0.350 e. The van der Waals surface area contributed by atoms with E-state index >= 15 is 0 Å². The second-order valence-corrected chi connectivity index (χ2v) is 2.76. The van der Waals surface area contributed by atoms with E-state index in [1.165, 1.54) is 0 Å². The Morgan fingerprint density at radius 3 is 2.12 bits per heavy atom. The molecular weight excluding hydrogens is 212 g/mol. The zero-order chi connectivity index (χ0) is 12.0. The Balaban J connectivity index is 2.46. The van der Waals surface area contributed by atoms with Crippen molar-refractivity contribution in [2.24, 2.45) is 5.73 Å². The average Bonchev–Trinajstić information content (AvgIpc) is 2.27. The molecule has 1 aromatic rings. The van der Waals surface area contributed by atoms with E-state index in [-0.39, 0.29) is 0 Å². The summed E-state index contributed by atoms with van der Waals surface area (Å²) in [6, 6.07) is 7.45. The number of carbonyl (C=O) groups excluding carboxylic acids is 3. The molecule has 0 saturated carbocycles. The summed E-state index contributed by atoms with van der Waals surface area (Å²) in [7, 11) is 0. The Labute approximate surface area is 91.0 Å². The Hall–Kier alpha value is -2.57. The maximum atomic E-state index is 11.2. The van der Waals surface area contributed by atoms with Crippen molar-refractivity contribution in [1.29, 1.82) is 0 Å². The fourth-order valence-corrected chi connectivity index (χ4v) is 0.884. The van der Waals surface area contributed by atoms with Gasteiger partial charge in [-0.3, -0.25) is 15.0 Å². The van der Waals surface area contributed by atoms with Crippen LogP contribution in [0.15, 0.2) is 30.3 Å². The summed E-state index contributed by atoms with van der Waals surface area (Å²) in [5, 5.41) is 2.32. The van der Waals surface area contributed by atoms with E-state index in [2.05, 4.69) is 5.32 Å². The van der Waals surface area contributed by atoms with Crippen LogP contribution in [0.25, 0.3) is 0 Å². The van der Waals surface area contributed by atoms with E-state index in [4.69, 9.17) is 5.73 Å². The summed E-state index contributed by atoms with van der Waals surface area (Å²) in [6.07, 6.45) is 0. The fraction of sp³-hybridized carbons (Fsp3) is 0. The molecule has 0 bridgehead atoms. The third-order valence-electron chi connectivity index (χ3n) is 1.54. The Morgan fingerprint density at radius 2 is 1.56 bits per heavy atom. The van der Waals surface area contributed by atoms with Gasteiger partial charge < -0.3 is 11.1 Å². The van der Waals surface area contributed by atoms with Crippen molar-refractivity contribution in [3.63, 3.8) is 0 Å². The molecule has 1 rings (SSSR count). The normalized spacial score (nSPS) is 9.00. The van der Waals surface area contributed by atoms with Gasteiger partial charge in [0.15, 0.2) is 0 Å². The Kier molecular flexibility index (Phi) is 3.84. The van der Waals surface area contributed by atoms with Crippen LogP contribution < -0.4 is 21.9 Å². The highest BCUT2D eigenvalue weighted by Gasteiger charge is 2.13. The predicted molar refractivity (Wildman–Crippen MR) is 55.9 cm³/mol. The Bertz CT molecular complexity index is 404. The van der Waals surface area contributed by atoms with Crippen LogP contribution >= 0.6 is 0 Å². The molecule has 0 heterocycles. The van der Waals surface area contributed by atoms with Gasteiger partial charge in [-0.25, -0.2) is 10.2 Å². The molecule has 0 spiro atoms. The molecule has 0 aliphatic heterocycles. The molecule has 0 unspecified atom stereocenters.